The van der Waals surface area contributed by atoms with Crippen molar-refractivity contribution in [1.82, 2.24) is 20.5 Å². The zero-order chi connectivity index (χ0) is 15.1. The normalized spacial score (nSPS) is 20.0. The van der Waals surface area contributed by atoms with Crippen LogP contribution in [0.3, 0.4) is 0 Å². The molecule has 0 amide bonds. The first-order chi connectivity index (χ1) is 10.2. The summed E-state index contributed by atoms with van der Waals surface area (Å²) in [6.07, 6.45) is 2.60. The number of aliphatic imine (C=N–C) groups is 1. The first-order valence-electron chi connectivity index (χ1n) is 7.89. The molecule has 1 fully saturated rings. The molecule has 1 unspecified atom stereocenters. The number of aromatic nitrogens is 1. The van der Waals surface area contributed by atoms with Crippen molar-refractivity contribution < 1.29 is 0 Å². The van der Waals surface area contributed by atoms with Gasteiger partial charge in [0.1, 0.15) is 0 Å². The molecule has 0 bridgehead atoms. The minimum absolute atomic E-state index is 0.643. The summed E-state index contributed by atoms with van der Waals surface area (Å²) in [6, 6.07) is 0.643. The SMILES string of the molecule is CCNC(=NCc1scnc1C)NCC1CCCN1CC. The monoisotopic (exact) mass is 309 g/mol. The number of guanidine groups is 1. The van der Waals surface area contributed by atoms with E-state index in [1.54, 1.807) is 11.3 Å². The molecule has 0 saturated carbocycles. The van der Waals surface area contributed by atoms with Crippen molar-refractivity contribution in [2.24, 2.45) is 4.99 Å². The van der Waals surface area contributed by atoms with Gasteiger partial charge in [-0.2, -0.15) is 0 Å². The summed E-state index contributed by atoms with van der Waals surface area (Å²) in [5.41, 5.74) is 2.98. The molecule has 21 heavy (non-hydrogen) atoms. The molecule has 1 aliphatic heterocycles. The van der Waals surface area contributed by atoms with Crippen LogP contribution in [0.2, 0.25) is 0 Å². The summed E-state index contributed by atoms with van der Waals surface area (Å²) in [6.45, 7) is 11.3. The molecule has 1 saturated heterocycles. The Morgan fingerprint density at radius 3 is 3.00 bits per heavy atom. The second kappa shape index (κ2) is 8.34. The number of aryl methyl sites for hydroxylation is 1. The molecule has 2 heterocycles. The van der Waals surface area contributed by atoms with Gasteiger partial charge in [-0.05, 0) is 39.8 Å². The van der Waals surface area contributed by atoms with Crippen LogP contribution in [0.1, 0.15) is 37.3 Å². The van der Waals surface area contributed by atoms with Gasteiger partial charge in [0.25, 0.3) is 0 Å². The predicted octanol–water partition coefficient (Wildman–Crippen LogP) is 1.99. The molecular weight excluding hydrogens is 282 g/mol. The maximum absolute atomic E-state index is 4.67. The Morgan fingerprint density at radius 2 is 2.33 bits per heavy atom. The third kappa shape index (κ3) is 4.68. The molecule has 2 N–H and O–H groups in total. The van der Waals surface area contributed by atoms with E-state index in [9.17, 15) is 0 Å². The van der Waals surface area contributed by atoms with Gasteiger partial charge < -0.3 is 10.6 Å². The van der Waals surface area contributed by atoms with E-state index in [1.807, 2.05) is 12.4 Å². The van der Waals surface area contributed by atoms with Crippen LogP contribution in [-0.2, 0) is 6.54 Å². The Balaban J connectivity index is 1.88. The van der Waals surface area contributed by atoms with Crippen molar-refractivity contribution >= 4 is 17.3 Å². The predicted molar refractivity (Wildman–Crippen MR) is 89.9 cm³/mol. The second-order valence-electron chi connectivity index (χ2n) is 5.36. The summed E-state index contributed by atoms with van der Waals surface area (Å²) >= 11 is 1.68. The van der Waals surface area contributed by atoms with Crippen LogP contribution in [0.5, 0.6) is 0 Å². The Bertz CT molecular complexity index is 457. The van der Waals surface area contributed by atoms with Crippen molar-refractivity contribution in [2.75, 3.05) is 26.2 Å². The van der Waals surface area contributed by atoms with Crippen LogP contribution in [-0.4, -0.2) is 48.1 Å². The Kier molecular flexibility index (Phi) is 6.45. The molecule has 6 heteroatoms. The van der Waals surface area contributed by atoms with E-state index >= 15 is 0 Å². The summed E-state index contributed by atoms with van der Waals surface area (Å²) in [5.74, 6) is 0.910. The number of nitrogens with one attached hydrogen (secondary N) is 2. The minimum Gasteiger partial charge on any atom is -0.357 e. The molecule has 1 atom stereocenters. The van der Waals surface area contributed by atoms with Crippen molar-refractivity contribution in [3.8, 4) is 0 Å². The van der Waals surface area contributed by atoms with Crippen molar-refractivity contribution in [1.29, 1.82) is 0 Å². The molecule has 0 aliphatic carbocycles. The van der Waals surface area contributed by atoms with Crippen LogP contribution in [0.4, 0.5) is 0 Å². The molecule has 1 aromatic rings. The molecule has 118 valence electrons. The molecule has 1 aromatic heterocycles. The number of hydrogen-bond acceptors (Lipinski definition) is 4. The van der Waals surface area contributed by atoms with Gasteiger partial charge in [0.2, 0.25) is 0 Å². The lowest BCUT2D eigenvalue weighted by molar-refractivity contribution is 0.267. The third-order valence-electron chi connectivity index (χ3n) is 3.98. The molecule has 0 spiro atoms. The molecule has 5 nitrogen and oxygen atoms in total. The van der Waals surface area contributed by atoms with Gasteiger partial charge in [-0.25, -0.2) is 9.98 Å². The minimum atomic E-state index is 0.643. The van der Waals surface area contributed by atoms with Crippen LogP contribution in [0, 0.1) is 6.92 Å². The largest absolute Gasteiger partial charge is 0.357 e. The maximum Gasteiger partial charge on any atom is 0.191 e. The first-order valence-corrected chi connectivity index (χ1v) is 8.77. The van der Waals surface area contributed by atoms with E-state index in [1.165, 1.54) is 24.3 Å². The summed E-state index contributed by atoms with van der Waals surface area (Å²) in [7, 11) is 0. The van der Waals surface area contributed by atoms with Crippen LogP contribution in [0.25, 0.3) is 0 Å². The summed E-state index contributed by atoms with van der Waals surface area (Å²) in [4.78, 5) is 12.7. The molecular formula is C15H27N5S. The van der Waals surface area contributed by atoms with Gasteiger partial charge in [0.15, 0.2) is 5.96 Å². The quantitative estimate of drug-likeness (QED) is 0.623. The first kappa shape index (κ1) is 16.2. The fourth-order valence-corrected chi connectivity index (χ4v) is 3.43. The van der Waals surface area contributed by atoms with Crippen LogP contribution >= 0.6 is 11.3 Å². The van der Waals surface area contributed by atoms with Gasteiger partial charge in [-0.3, -0.25) is 4.90 Å². The highest BCUT2D eigenvalue weighted by atomic mass is 32.1. The average molecular weight is 309 g/mol. The van der Waals surface area contributed by atoms with Gasteiger partial charge in [-0.1, -0.05) is 6.92 Å². The number of rotatable bonds is 6. The lowest BCUT2D eigenvalue weighted by atomic mass is 10.2. The fraction of sp³-hybridized carbons (Fsp3) is 0.733. The number of nitrogens with zero attached hydrogens (tertiary/aromatic N) is 3. The van der Waals surface area contributed by atoms with Gasteiger partial charge in [0.05, 0.1) is 17.7 Å². The average Bonchev–Trinajstić information content (AvgIpc) is 3.10. The highest BCUT2D eigenvalue weighted by Crippen LogP contribution is 2.15. The van der Waals surface area contributed by atoms with Crippen molar-refractivity contribution in [3.63, 3.8) is 0 Å². The van der Waals surface area contributed by atoms with E-state index in [4.69, 9.17) is 0 Å². The summed E-state index contributed by atoms with van der Waals surface area (Å²) < 4.78 is 0. The second-order valence-corrected chi connectivity index (χ2v) is 6.30. The smallest absolute Gasteiger partial charge is 0.191 e. The fourth-order valence-electron chi connectivity index (χ4n) is 2.73. The standard InChI is InChI=1S/C15H27N5S/c1-4-16-15(18-10-14-12(3)19-11-21-14)17-9-13-7-6-8-20(13)5-2/h11,13H,4-10H2,1-3H3,(H2,16,17,18). The van der Waals surface area contributed by atoms with Crippen molar-refractivity contribution in [2.45, 2.75) is 46.2 Å². The van der Waals surface area contributed by atoms with E-state index in [0.29, 0.717) is 12.6 Å². The molecule has 2 rings (SSSR count). The number of hydrogen-bond donors (Lipinski definition) is 2. The van der Waals surface area contributed by atoms with E-state index < -0.39 is 0 Å². The highest BCUT2D eigenvalue weighted by Gasteiger charge is 2.22. The van der Waals surface area contributed by atoms with Gasteiger partial charge in [0, 0.05) is 24.0 Å². The van der Waals surface area contributed by atoms with E-state index in [0.717, 1.165) is 31.3 Å². The number of thiazole rings is 1. The van der Waals surface area contributed by atoms with Crippen LogP contribution in [0.15, 0.2) is 10.5 Å². The summed E-state index contributed by atoms with van der Waals surface area (Å²) in [5, 5.41) is 6.82. The maximum atomic E-state index is 4.67. The topological polar surface area (TPSA) is 52.6 Å². The van der Waals surface area contributed by atoms with Crippen LogP contribution < -0.4 is 10.6 Å². The third-order valence-corrected chi connectivity index (χ3v) is 4.90. The number of likely N-dealkylation sites (N-methyl/N-ethyl adjacent to an activating group) is 1. The van der Waals surface area contributed by atoms with E-state index in [-0.39, 0.29) is 0 Å². The lowest BCUT2D eigenvalue weighted by Crippen LogP contribution is -2.44. The zero-order valence-corrected chi connectivity index (χ0v) is 14.2. The Hall–Kier alpha value is -1.14. The van der Waals surface area contributed by atoms with E-state index in [2.05, 4.69) is 39.4 Å². The Morgan fingerprint density at radius 1 is 1.48 bits per heavy atom. The van der Waals surface area contributed by atoms with Gasteiger partial charge in [-0.15, -0.1) is 11.3 Å². The number of likely N-dealkylation sites (tertiary alicyclic amines) is 1. The van der Waals surface area contributed by atoms with Crippen molar-refractivity contribution in [3.05, 3.63) is 16.1 Å². The molecule has 0 radical (unpaired) electrons. The highest BCUT2D eigenvalue weighted by molar-refractivity contribution is 7.09. The van der Waals surface area contributed by atoms with Gasteiger partial charge >= 0.3 is 0 Å². The Labute approximate surface area is 131 Å². The molecule has 1 aliphatic rings. The zero-order valence-electron chi connectivity index (χ0n) is 13.4. The lowest BCUT2D eigenvalue weighted by Gasteiger charge is -2.23. The molecule has 0 aromatic carbocycles.